The zero-order valence-electron chi connectivity index (χ0n) is 9.31. The van der Waals surface area contributed by atoms with Crippen LogP contribution in [0.25, 0.3) is 0 Å². The van der Waals surface area contributed by atoms with Gasteiger partial charge in [-0.25, -0.2) is 0 Å². The molecule has 3 nitrogen and oxygen atoms in total. The molecule has 1 unspecified atom stereocenters. The minimum Gasteiger partial charge on any atom is -0.481 e. The van der Waals surface area contributed by atoms with Crippen LogP contribution in [0.1, 0.15) is 43.2 Å². The van der Waals surface area contributed by atoms with Crippen molar-refractivity contribution in [2.45, 2.75) is 32.1 Å². The maximum atomic E-state index is 11.1. The predicted molar refractivity (Wildman–Crippen MR) is 61.1 cm³/mol. The van der Waals surface area contributed by atoms with Crippen LogP contribution in [0.3, 0.4) is 0 Å². The molecule has 0 aromatic heterocycles. The summed E-state index contributed by atoms with van der Waals surface area (Å²) in [5.74, 6) is -1.31. The second-order valence-corrected chi connectivity index (χ2v) is 3.77. The van der Waals surface area contributed by atoms with Crippen molar-refractivity contribution in [2.75, 3.05) is 0 Å². The lowest BCUT2D eigenvalue weighted by Crippen LogP contribution is -2.11. The highest BCUT2D eigenvalue weighted by atomic mass is 16.4. The van der Waals surface area contributed by atoms with Crippen LogP contribution in [-0.4, -0.2) is 11.1 Å². The molecule has 0 aliphatic heterocycles. The van der Waals surface area contributed by atoms with Gasteiger partial charge in [0.1, 0.15) is 0 Å². The predicted octanol–water partition coefficient (Wildman–Crippen LogP) is 2.92. The van der Waals surface area contributed by atoms with E-state index in [2.05, 4.69) is 0 Å². The Kier molecular flexibility index (Phi) is 4.53. The Hall–Kier alpha value is -1.82. The third kappa shape index (κ3) is 3.09. The number of carboxylic acids is 1. The van der Waals surface area contributed by atoms with Crippen molar-refractivity contribution in [3.63, 3.8) is 0 Å². The molecule has 0 fully saturated rings. The van der Waals surface area contributed by atoms with E-state index < -0.39 is 11.9 Å². The molecule has 1 N–H and O–H groups in total. The number of carbonyl (C=O) groups is 1. The van der Waals surface area contributed by atoms with Crippen LogP contribution in [0.15, 0.2) is 24.3 Å². The van der Waals surface area contributed by atoms with E-state index >= 15 is 0 Å². The summed E-state index contributed by atoms with van der Waals surface area (Å²) in [6.45, 7) is 2.03. The zero-order chi connectivity index (χ0) is 12.0. The van der Waals surface area contributed by atoms with Crippen LogP contribution < -0.4 is 0 Å². The van der Waals surface area contributed by atoms with Gasteiger partial charge < -0.3 is 5.11 Å². The molecule has 84 valence electrons. The molecule has 3 heteroatoms. The molecule has 1 rings (SSSR count). The van der Waals surface area contributed by atoms with Gasteiger partial charge in [0.15, 0.2) is 0 Å². The minimum atomic E-state index is -0.816. The SMILES string of the molecule is CCCCC(C(=O)O)c1cccc(C#N)c1. The number of nitrogens with zero attached hydrogens (tertiary/aromatic N) is 1. The summed E-state index contributed by atoms with van der Waals surface area (Å²) >= 11 is 0. The van der Waals surface area contributed by atoms with Gasteiger partial charge in [0.2, 0.25) is 0 Å². The lowest BCUT2D eigenvalue weighted by Gasteiger charge is -2.12. The summed E-state index contributed by atoms with van der Waals surface area (Å²) in [6, 6.07) is 8.87. The van der Waals surface area contributed by atoms with E-state index in [4.69, 9.17) is 10.4 Å². The molecule has 16 heavy (non-hydrogen) atoms. The van der Waals surface area contributed by atoms with Crippen molar-refractivity contribution in [2.24, 2.45) is 0 Å². The first-order chi connectivity index (χ1) is 7.69. The molecule has 0 saturated heterocycles. The third-order valence-electron chi connectivity index (χ3n) is 2.56. The highest BCUT2D eigenvalue weighted by molar-refractivity contribution is 5.76. The average molecular weight is 217 g/mol. The maximum Gasteiger partial charge on any atom is 0.310 e. The Labute approximate surface area is 95.3 Å². The highest BCUT2D eigenvalue weighted by Gasteiger charge is 2.19. The lowest BCUT2D eigenvalue weighted by molar-refractivity contribution is -0.139. The minimum absolute atomic E-state index is 0.492. The summed E-state index contributed by atoms with van der Waals surface area (Å²) in [5.41, 5.74) is 1.24. The van der Waals surface area contributed by atoms with Crippen molar-refractivity contribution in [1.82, 2.24) is 0 Å². The second-order valence-electron chi connectivity index (χ2n) is 3.77. The molecule has 0 aliphatic carbocycles. The van der Waals surface area contributed by atoms with Crippen molar-refractivity contribution < 1.29 is 9.90 Å². The molecule has 0 radical (unpaired) electrons. The molecule has 0 amide bonds. The Balaban J connectivity index is 2.92. The summed E-state index contributed by atoms with van der Waals surface area (Å²) in [5, 5.41) is 17.9. The van der Waals surface area contributed by atoms with Gasteiger partial charge in [0.25, 0.3) is 0 Å². The van der Waals surface area contributed by atoms with E-state index in [-0.39, 0.29) is 0 Å². The number of hydrogen-bond acceptors (Lipinski definition) is 2. The van der Waals surface area contributed by atoms with E-state index in [1.165, 1.54) is 0 Å². The summed E-state index contributed by atoms with van der Waals surface area (Å²) in [4.78, 5) is 11.1. The normalized spacial score (nSPS) is 11.8. The highest BCUT2D eigenvalue weighted by Crippen LogP contribution is 2.23. The zero-order valence-corrected chi connectivity index (χ0v) is 9.31. The fourth-order valence-corrected chi connectivity index (χ4v) is 1.67. The van der Waals surface area contributed by atoms with Crippen LogP contribution in [0.4, 0.5) is 0 Å². The Morgan fingerprint density at radius 2 is 2.31 bits per heavy atom. The van der Waals surface area contributed by atoms with Gasteiger partial charge in [-0.15, -0.1) is 0 Å². The van der Waals surface area contributed by atoms with E-state index in [0.717, 1.165) is 18.4 Å². The number of unbranched alkanes of at least 4 members (excludes halogenated alkanes) is 1. The summed E-state index contributed by atoms with van der Waals surface area (Å²) < 4.78 is 0. The Bertz CT molecular complexity index is 407. The molecule has 0 spiro atoms. The molecule has 0 saturated carbocycles. The first-order valence-electron chi connectivity index (χ1n) is 5.42. The third-order valence-corrected chi connectivity index (χ3v) is 2.56. The topological polar surface area (TPSA) is 61.1 Å². The summed E-state index contributed by atoms with van der Waals surface area (Å²) in [6.07, 6.45) is 2.48. The molecule has 0 bridgehead atoms. The van der Waals surface area contributed by atoms with Crippen LogP contribution in [0.5, 0.6) is 0 Å². The number of carboxylic acid groups (broad SMARTS) is 1. The molecule has 0 aliphatic rings. The first-order valence-corrected chi connectivity index (χ1v) is 5.42. The Morgan fingerprint density at radius 3 is 2.88 bits per heavy atom. The van der Waals surface area contributed by atoms with Crippen molar-refractivity contribution in [3.05, 3.63) is 35.4 Å². The fourth-order valence-electron chi connectivity index (χ4n) is 1.67. The molecular formula is C13H15NO2. The molecule has 0 heterocycles. The number of hydrogen-bond donors (Lipinski definition) is 1. The first kappa shape index (κ1) is 12.3. The number of benzene rings is 1. The molecule has 1 aromatic carbocycles. The van der Waals surface area contributed by atoms with Crippen LogP contribution in [0, 0.1) is 11.3 Å². The molecule has 1 atom stereocenters. The number of aliphatic carboxylic acids is 1. The fraction of sp³-hybridized carbons (Fsp3) is 0.385. The lowest BCUT2D eigenvalue weighted by atomic mass is 9.93. The van der Waals surface area contributed by atoms with Crippen molar-refractivity contribution in [1.29, 1.82) is 5.26 Å². The quantitative estimate of drug-likeness (QED) is 0.824. The van der Waals surface area contributed by atoms with Gasteiger partial charge in [0, 0.05) is 0 Å². The smallest absolute Gasteiger partial charge is 0.310 e. The second kappa shape index (κ2) is 5.92. The van der Waals surface area contributed by atoms with E-state index in [1.807, 2.05) is 13.0 Å². The Morgan fingerprint density at radius 1 is 1.56 bits per heavy atom. The number of rotatable bonds is 5. The van der Waals surface area contributed by atoms with Crippen molar-refractivity contribution in [3.8, 4) is 6.07 Å². The van der Waals surface area contributed by atoms with Crippen LogP contribution in [-0.2, 0) is 4.79 Å². The standard InChI is InChI=1S/C13H15NO2/c1-2-3-7-12(13(15)16)11-6-4-5-10(8-11)9-14/h4-6,8,12H,2-3,7H2,1H3,(H,15,16). The summed E-state index contributed by atoms with van der Waals surface area (Å²) in [7, 11) is 0. The van der Waals surface area contributed by atoms with Gasteiger partial charge in [-0.1, -0.05) is 31.9 Å². The van der Waals surface area contributed by atoms with E-state index in [0.29, 0.717) is 12.0 Å². The van der Waals surface area contributed by atoms with Crippen LogP contribution in [0.2, 0.25) is 0 Å². The maximum absolute atomic E-state index is 11.1. The van der Waals surface area contributed by atoms with Crippen molar-refractivity contribution >= 4 is 5.97 Å². The van der Waals surface area contributed by atoms with Gasteiger partial charge >= 0.3 is 5.97 Å². The number of nitriles is 1. The molecular weight excluding hydrogens is 202 g/mol. The van der Waals surface area contributed by atoms with Gasteiger partial charge in [-0.05, 0) is 24.1 Å². The van der Waals surface area contributed by atoms with E-state index in [1.54, 1.807) is 24.3 Å². The average Bonchev–Trinajstić information content (AvgIpc) is 2.29. The van der Waals surface area contributed by atoms with Crippen LogP contribution >= 0.6 is 0 Å². The van der Waals surface area contributed by atoms with Gasteiger partial charge in [-0.2, -0.15) is 5.26 Å². The monoisotopic (exact) mass is 217 g/mol. The van der Waals surface area contributed by atoms with Gasteiger partial charge in [0.05, 0.1) is 17.6 Å². The van der Waals surface area contributed by atoms with Gasteiger partial charge in [-0.3, -0.25) is 4.79 Å². The van der Waals surface area contributed by atoms with E-state index in [9.17, 15) is 4.79 Å². The largest absolute Gasteiger partial charge is 0.481 e. The molecule has 1 aromatic rings.